The molecule has 1 aliphatic carbocycles. The van der Waals surface area contributed by atoms with E-state index in [1.807, 2.05) is 42.5 Å². The van der Waals surface area contributed by atoms with E-state index < -0.39 is 0 Å². The van der Waals surface area contributed by atoms with Crippen LogP contribution >= 0.6 is 11.8 Å². The Kier molecular flexibility index (Phi) is 8.41. The number of nitrogens with one attached hydrogen (secondary N) is 4. The first kappa shape index (κ1) is 24.8. The van der Waals surface area contributed by atoms with Crippen LogP contribution in [0.5, 0.6) is 0 Å². The van der Waals surface area contributed by atoms with Crippen LogP contribution in [0.25, 0.3) is 10.8 Å². The maximum absolute atomic E-state index is 9.57. The number of anilines is 4. The maximum atomic E-state index is 9.57. The van der Waals surface area contributed by atoms with Crippen LogP contribution in [-0.4, -0.2) is 40.0 Å². The molecule has 0 saturated heterocycles. The van der Waals surface area contributed by atoms with Gasteiger partial charge in [0, 0.05) is 30.3 Å². The summed E-state index contributed by atoms with van der Waals surface area (Å²) >= 11 is 1.66. The average Bonchev–Trinajstić information content (AvgIpc) is 3.51. The molecule has 6 N–H and O–H groups in total. The smallest absolute Gasteiger partial charge is 0.230 e. The normalized spacial score (nSPS) is 19.6. The largest absolute Gasteiger partial charge is 0.396 e. The van der Waals surface area contributed by atoms with Crippen molar-refractivity contribution in [3.63, 3.8) is 0 Å². The Balaban J connectivity index is 0.000000917. The second-order valence-electron chi connectivity index (χ2n) is 8.27. The quantitative estimate of drug-likeness (QED) is 0.300. The standard InChI is InChI=1S/C25H25N5OS.CH5NO/c1-2-19-22(24-28-20-10-6-7-11-21(20)32-24)23(26-18-13-12-16(14-18)15-31)30-25(29-19)27-17-8-4-3-5-9-17;1-2-3/h3-11,16,18,28,31H,1,12-15H2,(H2,26,27,29,30);2-3H,1H3/b24-22+;. The molecule has 8 nitrogen and oxygen atoms in total. The van der Waals surface area contributed by atoms with Gasteiger partial charge in [0.2, 0.25) is 5.95 Å². The molecule has 35 heavy (non-hydrogen) atoms. The Morgan fingerprint density at radius 2 is 1.86 bits per heavy atom. The zero-order chi connectivity index (χ0) is 24.6. The summed E-state index contributed by atoms with van der Waals surface area (Å²) in [7, 11) is 1.43. The molecule has 0 spiro atoms. The van der Waals surface area contributed by atoms with E-state index in [-0.39, 0.29) is 12.6 Å². The van der Waals surface area contributed by atoms with E-state index in [4.69, 9.17) is 15.2 Å². The van der Waals surface area contributed by atoms with Crippen LogP contribution in [0.2, 0.25) is 0 Å². The topological polar surface area (TPSA) is 114 Å². The van der Waals surface area contributed by atoms with E-state index in [0.29, 0.717) is 17.2 Å². The summed E-state index contributed by atoms with van der Waals surface area (Å²) in [6.45, 7) is 4.13. The molecule has 2 heterocycles. The fourth-order valence-electron chi connectivity index (χ4n) is 4.21. The number of thioether (sulfide) groups is 1. The van der Waals surface area contributed by atoms with Gasteiger partial charge in [-0.1, -0.05) is 54.4 Å². The number of benzene rings is 2. The second-order valence-corrected chi connectivity index (χ2v) is 9.32. The Bertz CT molecular complexity index is 1270. The van der Waals surface area contributed by atoms with Gasteiger partial charge < -0.3 is 26.3 Å². The molecule has 182 valence electrons. The van der Waals surface area contributed by atoms with E-state index >= 15 is 0 Å². The molecule has 3 aromatic rings. The van der Waals surface area contributed by atoms with Gasteiger partial charge in [-0.2, -0.15) is 4.98 Å². The highest BCUT2D eigenvalue weighted by molar-refractivity contribution is 8.08. The molecule has 2 aliphatic rings. The lowest BCUT2D eigenvalue weighted by Gasteiger charge is -2.16. The lowest BCUT2D eigenvalue weighted by atomic mass is 10.1. The maximum Gasteiger partial charge on any atom is 0.230 e. The van der Waals surface area contributed by atoms with Crippen LogP contribution < -0.4 is 32.0 Å². The second kappa shape index (κ2) is 11.9. The molecule has 0 amide bonds. The third kappa shape index (κ3) is 6.03. The predicted octanol–water partition coefficient (Wildman–Crippen LogP) is 3.24. The summed E-state index contributed by atoms with van der Waals surface area (Å²) in [5, 5.41) is 29.8. The molecule has 2 aromatic carbocycles. The van der Waals surface area contributed by atoms with Crippen LogP contribution in [0.15, 0.2) is 66.1 Å². The van der Waals surface area contributed by atoms with Crippen LogP contribution in [0.3, 0.4) is 0 Å². The highest BCUT2D eigenvalue weighted by atomic mass is 32.2. The average molecular weight is 491 g/mol. The van der Waals surface area contributed by atoms with E-state index in [1.165, 1.54) is 7.05 Å². The summed E-state index contributed by atoms with van der Waals surface area (Å²) in [6, 6.07) is 18.3. The molecule has 0 radical (unpaired) electrons. The third-order valence-corrected chi connectivity index (χ3v) is 6.91. The van der Waals surface area contributed by atoms with Crippen LogP contribution in [0.4, 0.5) is 23.1 Å². The molecule has 0 bridgehead atoms. The van der Waals surface area contributed by atoms with E-state index in [1.54, 1.807) is 17.2 Å². The summed E-state index contributed by atoms with van der Waals surface area (Å²) in [5.41, 5.74) is 6.75. The SMILES string of the molecule is C=C=c1nc(Nc2ccccc2)nc(NC2CCC(CO)C2)/c1=C1\Nc2ccccc2S1.CNO. The highest BCUT2D eigenvalue weighted by Crippen LogP contribution is 2.41. The fraction of sp³-hybridized carbons (Fsp3) is 0.269. The summed E-state index contributed by atoms with van der Waals surface area (Å²) in [5.74, 6) is 1.57. The lowest BCUT2D eigenvalue weighted by molar-refractivity contribution is 0.194. The molecule has 1 aromatic heterocycles. The first-order valence-electron chi connectivity index (χ1n) is 11.5. The Morgan fingerprint density at radius 1 is 1.11 bits per heavy atom. The number of fused-ring (bicyclic) bond motifs is 1. The van der Waals surface area contributed by atoms with Crippen LogP contribution in [0.1, 0.15) is 19.3 Å². The zero-order valence-corrected chi connectivity index (χ0v) is 20.4. The van der Waals surface area contributed by atoms with Crippen LogP contribution in [-0.2, 0) is 0 Å². The molecule has 1 fully saturated rings. The molecule has 9 heteroatoms. The minimum Gasteiger partial charge on any atom is -0.396 e. The molecule has 1 aliphatic heterocycles. The summed E-state index contributed by atoms with van der Waals surface area (Å²) < 4.78 is 0. The minimum atomic E-state index is 0.228. The van der Waals surface area contributed by atoms with Crippen molar-refractivity contribution < 1.29 is 10.3 Å². The number of aliphatic hydroxyl groups excluding tert-OH is 1. The van der Waals surface area contributed by atoms with Crippen molar-refractivity contribution >= 4 is 45.7 Å². The van der Waals surface area contributed by atoms with Crippen molar-refractivity contribution in [2.75, 3.05) is 29.6 Å². The monoisotopic (exact) mass is 490 g/mol. The van der Waals surface area contributed by atoms with Gasteiger partial charge in [0.05, 0.1) is 15.9 Å². The Hall–Kier alpha value is -3.33. The summed E-state index contributed by atoms with van der Waals surface area (Å²) in [4.78, 5) is 10.7. The number of para-hydroxylation sites is 2. The Labute approximate surface area is 208 Å². The number of hydroxylamine groups is 1. The zero-order valence-electron chi connectivity index (χ0n) is 19.6. The third-order valence-electron chi connectivity index (χ3n) is 5.82. The fourth-order valence-corrected chi connectivity index (χ4v) is 5.26. The van der Waals surface area contributed by atoms with Crippen molar-refractivity contribution in [1.82, 2.24) is 15.4 Å². The van der Waals surface area contributed by atoms with E-state index in [2.05, 4.69) is 40.4 Å². The first-order valence-corrected chi connectivity index (χ1v) is 12.3. The molecule has 5 rings (SSSR count). The minimum absolute atomic E-state index is 0.228. The number of aliphatic hydroxyl groups is 1. The highest BCUT2D eigenvalue weighted by Gasteiger charge is 2.26. The van der Waals surface area contributed by atoms with Crippen molar-refractivity contribution in [3.8, 4) is 0 Å². The van der Waals surface area contributed by atoms with E-state index in [9.17, 15) is 5.11 Å². The van der Waals surface area contributed by atoms with Crippen molar-refractivity contribution in [1.29, 1.82) is 0 Å². The molecule has 1 saturated carbocycles. The van der Waals surface area contributed by atoms with Gasteiger partial charge >= 0.3 is 0 Å². The number of aromatic nitrogens is 2. The number of hydrogen-bond donors (Lipinski definition) is 6. The predicted molar refractivity (Wildman–Crippen MR) is 142 cm³/mol. The molecule has 2 atom stereocenters. The summed E-state index contributed by atoms with van der Waals surface area (Å²) in [6.07, 6.45) is 2.93. The van der Waals surface area contributed by atoms with Crippen molar-refractivity contribution in [2.24, 2.45) is 5.92 Å². The van der Waals surface area contributed by atoms with Gasteiger partial charge in [0.25, 0.3) is 0 Å². The van der Waals surface area contributed by atoms with E-state index in [0.717, 1.165) is 51.6 Å². The number of rotatable bonds is 5. The van der Waals surface area contributed by atoms with Crippen molar-refractivity contribution in [2.45, 2.75) is 30.2 Å². The Morgan fingerprint density at radius 3 is 2.54 bits per heavy atom. The molecular formula is C26H30N6O2S. The number of nitrogens with zero attached hydrogens (tertiary/aromatic N) is 2. The van der Waals surface area contributed by atoms with Gasteiger partial charge in [-0.15, -0.1) is 0 Å². The van der Waals surface area contributed by atoms with Gasteiger partial charge in [-0.05, 0) is 49.4 Å². The van der Waals surface area contributed by atoms with Crippen LogP contribution in [0, 0.1) is 5.92 Å². The first-order chi connectivity index (χ1) is 17.1. The van der Waals surface area contributed by atoms with Crippen molar-refractivity contribution in [3.05, 3.63) is 71.7 Å². The van der Waals surface area contributed by atoms with Gasteiger partial charge in [-0.3, -0.25) is 0 Å². The van der Waals surface area contributed by atoms with Gasteiger partial charge in [0.1, 0.15) is 11.2 Å². The molecule has 2 unspecified atom stereocenters. The van der Waals surface area contributed by atoms with Gasteiger partial charge in [0.15, 0.2) is 0 Å². The lowest BCUT2D eigenvalue weighted by Crippen LogP contribution is -2.36. The van der Waals surface area contributed by atoms with Gasteiger partial charge in [-0.25, -0.2) is 10.5 Å². The number of hydrogen-bond acceptors (Lipinski definition) is 9. The molecular weight excluding hydrogens is 460 g/mol.